The number of hydrogen-bond donors (Lipinski definition) is 0. The number of rotatable bonds is 3. The molecule has 0 unspecified atom stereocenters. The monoisotopic (exact) mass is 370 g/mol. The fourth-order valence-corrected chi connectivity index (χ4v) is 4.52. The van der Waals surface area contributed by atoms with Crippen LogP contribution < -0.4 is 10.9 Å². The Balaban J connectivity index is 1.87. The minimum atomic E-state index is 0.948. The first kappa shape index (κ1) is 17.8. The first-order chi connectivity index (χ1) is 14.2. The largest absolute Gasteiger partial charge is 0.194 e. The second-order valence-corrected chi connectivity index (χ2v) is 7.85. The van der Waals surface area contributed by atoms with Crippen molar-refractivity contribution in [3.8, 4) is 11.1 Å². The quantitative estimate of drug-likeness (QED) is 0.284. The fourth-order valence-electron chi connectivity index (χ4n) is 4.52. The molecule has 0 radical (unpaired) electrons. The Labute approximate surface area is 173 Å². The van der Waals surface area contributed by atoms with Crippen molar-refractivity contribution < 1.29 is 0 Å². The molecular weight excluding hydrogens is 347 g/mol. The van der Waals surface area contributed by atoms with E-state index in [0.29, 0.717) is 0 Å². The van der Waals surface area contributed by atoms with Gasteiger partial charge in [0.15, 0.2) is 7.28 Å². The maximum absolute atomic E-state index is 2.29. The van der Waals surface area contributed by atoms with Crippen LogP contribution in [0.15, 0.2) is 97.1 Å². The zero-order valence-electron chi connectivity index (χ0n) is 16.9. The smallest absolute Gasteiger partial charge is 0.0754 e. The van der Waals surface area contributed by atoms with Gasteiger partial charge in [-0.1, -0.05) is 114 Å². The van der Waals surface area contributed by atoms with Gasteiger partial charge in [-0.25, -0.2) is 0 Å². The highest BCUT2D eigenvalue weighted by Gasteiger charge is 2.16. The van der Waals surface area contributed by atoms with Crippen LogP contribution in [0, 0.1) is 13.8 Å². The lowest BCUT2D eigenvalue weighted by atomic mass is 9.59. The summed E-state index contributed by atoms with van der Waals surface area (Å²) >= 11 is 0. The Kier molecular flexibility index (Phi) is 4.44. The van der Waals surface area contributed by atoms with Gasteiger partial charge in [-0.2, -0.15) is 0 Å². The molecule has 0 nitrogen and oxygen atoms in total. The normalized spacial score (nSPS) is 11.1. The Morgan fingerprint density at radius 3 is 1.69 bits per heavy atom. The number of aryl methyl sites for hydroxylation is 1. The van der Waals surface area contributed by atoms with Gasteiger partial charge in [0.25, 0.3) is 0 Å². The molecule has 0 heterocycles. The molecule has 138 valence electrons. The van der Waals surface area contributed by atoms with Crippen LogP contribution in [0.5, 0.6) is 0 Å². The summed E-state index contributed by atoms with van der Waals surface area (Å²) in [5, 5.41) is 5.37. The molecule has 29 heavy (non-hydrogen) atoms. The first-order valence-electron chi connectivity index (χ1n) is 10.3. The van der Waals surface area contributed by atoms with E-state index in [1.807, 2.05) is 0 Å². The molecule has 0 aliphatic rings. The van der Waals surface area contributed by atoms with Crippen LogP contribution >= 0.6 is 0 Å². The molecule has 0 aliphatic carbocycles. The molecule has 0 aliphatic heterocycles. The van der Waals surface area contributed by atoms with Crippen LogP contribution in [0.1, 0.15) is 11.1 Å². The molecule has 5 aromatic carbocycles. The van der Waals surface area contributed by atoms with Gasteiger partial charge in [-0.15, -0.1) is 0 Å². The summed E-state index contributed by atoms with van der Waals surface area (Å²) in [5.74, 6) is 0. The summed E-state index contributed by atoms with van der Waals surface area (Å²) in [6.45, 7) is 4.45. The molecule has 0 fully saturated rings. The van der Waals surface area contributed by atoms with Gasteiger partial charge in [0.05, 0.1) is 0 Å². The van der Waals surface area contributed by atoms with Crippen molar-refractivity contribution in [1.29, 1.82) is 0 Å². The molecule has 0 saturated heterocycles. The predicted molar refractivity (Wildman–Crippen MR) is 129 cm³/mol. The zero-order chi connectivity index (χ0) is 19.8. The highest BCUT2D eigenvalue weighted by atomic mass is 14.1. The highest BCUT2D eigenvalue weighted by molar-refractivity contribution is 6.73. The summed E-state index contributed by atoms with van der Waals surface area (Å²) in [6, 6.07) is 35.2. The molecule has 0 amide bonds. The van der Waals surface area contributed by atoms with Gasteiger partial charge in [-0.05, 0) is 52.1 Å². The summed E-state index contributed by atoms with van der Waals surface area (Å²) in [4.78, 5) is 0. The molecular formula is C28H23B. The van der Waals surface area contributed by atoms with Crippen LogP contribution in [-0.4, -0.2) is 7.28 Å². The summed E-state index contributed by atoms with van der Waals surface area (Å²) < 4.78 is 0. The molecule has 0 saturated carbocycles. The molecule has 0 N–H and O–H groups in total. The van der Waals surface area contributed by atoms with E-state index in [4.69, 9.17) is 0 Å². The van der Waals surface area contributed by atoms with Crippen LogP contribution in [-0.2, 0) is 0 Å². The van der Waals surface area contributed by atoms with Gasteiger partial charge in [-0.3, -0.25) is 0 Å². The molecule has 5 rings (SSSR count). The van der Waals surface area contributed by atoms with Crippen LogP contribution in [0.3, 0.4) is 0 Å². The van der Waals surface area contributed by atoms with E-state index in [-0.39, 0.29) is 0 Å². The molecule has 5 aromatic rings. The maximum atomic E-state index is 2.29. The van der Waals surface area contributed by atoms with E-state index in [0.717, 1.165) is 7.28 Å². The SMILES string of the molecule is Cc1cccc(Bc2c3ccccc3c(-c3ccccc3)c3ccccc23)c1C. The Morgan fingerprint density at radius 1 is 0.517 bits per heavy atom. The van der Waals surface area contributed by atoms with Crippen LogP contribution in [0.4, 0.5) is 0 Å². The van der Waals surface area contributed by atoms with Crippen molar-refractivity contribution in [3.05, 3.63) is 108 Å². The summed E-state index contributed by atoms with van der Waals surface area (Å²) in [7, 11) is 0.948. The second-order valence-electron chi connectivity index (χ2n) is 7.85. The lowest BCUT2D eigenvalue weighted by molar-refractivity contribution is 1.37. The highest BCUT2D eigenvalue weighted by Crippen LogP contribution is 2.35. The number of hydrogen-bond acceptors (Lipinski definition) is 0. The topological polar surface area (TPSA) is 0 Å². The van der Waals surface area contributed by atoms with E-state index >= 15 is 0 Å². The third-order valence-electron chi connectivity index (χ3n) is 6.19. The lowest BCUT2D eigenvalue weighted by Crippen LogP contribution is -2.31. The van der Waals surface area contributed by atoms with E-state index in [1.165, 1.54) is 54.7 Å². The van der Waals surface area contributed by atoms with E-state index < -0.39 is 0 Å². The van der Waals surface area contributed by atoms with Crippen molar-refractivity contribution in [2.75, 3.05) is 0 Å². The molecule has 0 spiro atoms. The third kappa shape index (κ3) is 3.04. The first-order valence-corrected chi connectivity index (χ1v) is 10.3. The van der Waals surface area contributed by atoms with Gasteiger partial charge in [0.1, 0.15) is 0 Å². The van der Waals surface area contributed by atoms with Gasteiger partial charge >= 0.3 is 0 Å². The predicted octanol–water partition coefficient (Wildman–Crippen LogP) is 5.66. The number of fused-ring (bicyclic) bond motifs is 2. The van der Waals surface area contributed by atoms with E-state index in [9.17, 15) is 0 Å². The van der Waals surface area contributed by atoms with Gasteiger partial charge in [0.2, 0.25) is 0 Å². The van der Waals surface area contributed by atoms with Crippen molar-refractivity contribution in [3.63, 3.8) is 0 Å². The average molecular weight is 370 g/mol. The second kappa shape index (κ2) is 7.26. The fraction of sp³-hybridized carbons (Fsp3) is 0.0714. The van der Waals surface area contributed by atoms with Crippen molar-refractivity contribution >= 4 is 39.8 Å². The summed E-state index contributed by atoms with van der Waals surface area (Å²) in [6.07, 6.45) is 0. The molecule has 0 bridgehead atoms. The van der Waals surface area contributed by atoms with Crippen LogP contribution in [0.25, 0.3) is 32.7 Å². The molecule has 0 atom stereocenters. The minimum absolute atomic E-state index is 0.948. The van der Waals surface area contributed by atoms with Crippen molar-refractivity contribution in [2.45, 2.75) is 13.8 Å². The van der Waals surface area contributed by atoms with Gasteiger partial charge < -0.3 is 0 Å². The lowest BCUT2D eigenvalue weighted by Gasteiger charge is -2.18. The Bertz CT molecular complexity index is 1280. The van der Waals surface area contributed by atoms with Crippen molar-refractivity contribution in [2.24, 2.45) is 0 Å². The standard InChI is InChI=1S/C28H23B/c1-19-11-10-18-26(20(19)2)29-28-24-16-8-6-14-22(24)27(21-12-4-3-5-13-21)23-15-7-9-17-25(23)28/h3-18,29H,1-2H3. The number of benzene rings is 5. The molecule has 1 heteroatoms. The van der Waals surface area contributed by atoms with Crippen molar-refractivity contribution in [1.82, 2.24) is 0 Å². The Morgan fingerprint density at radius 2 is 1.07 bits per heavy atom. The minimum Gasteiger partial charge on any atom is -0.0754 e. The van der Waals surface area contributed by atoms with E-state index in [1.54, 1.807) is 0 Å². The van der Waals surface area contributed by atoms with Gasteiger partial charge in [0, 0.05) is 0 Å². The Hall–Kier alpha value is -3.32. The third-order valence-corrected chi connectivity index (χ3v) is 6.19. The van der Waals surface area contributed by atoms with Crippen LogP contribution in [0.2, 0.25) is 0 Å². The average Bonchev–Trinajstić information content (AvgIpc) is 2.77. The maximum Gasteiger partial charge on any atom is 0.194 e. The molecule has 0 aromatic heterocycles. The zero-order valence-corrected chi connectivity index (χ0v) is 16.9. The summed E-state index contributed by atoms with van der Waals surface area (Å²) in [5.41, 5.74) is 8.20. The van der Waals surface area contributed by atoms with E-state index in [2.05, 4.69) is 111 Å².